The van der Waals surface area contributed by atoms with Crippen LogP contribution in [0, 0.1) is 0 Å². The Morgan fingerprint density at radius 2 is 2.50 bits per heavy atom. The van der Waals surface area contributed by atoms with Gasteiger partial charge in [-0.05, 0) is 25.5 Å². The largest absolute Gasteiger partial charge is 0.366 e. The van der Waals surface area contributed by atoms with E-state index in [1.807, 2.05) is 18.7 Å². The summed E-state index contributed by atoms with van der Waals surface area (Å²) in [6.45, 7) is 2.80. The van der Waals surface area contributed by atoms with Gasteiger partial charge in [-0.1, -0.05) is 0 Å². The lowest BCUT2D eigenvalue weighted by molar-refractivity contribution is 0.101. The van der Waals surface area contributed by atoms with Gasteiger partial charge >= 0.3 is 0 Å². The summed E-state index contributed by atoms with van der Waals surface area (Å²) < 4.78 is 5.43. The Morgan fingerprint density at radius 1 is 1.70 bits per heavy atom. The van der Waals surface area contributed by atoms with Gasteiger partial charge < -0.3 is 10.5 Å². The van der Waals surface area contributed by atoms with Crippen LogP contribution in [0.2, 0.25) is 0 Å². The maximum absolute atomic E-state index is 5.82. The molecule has 0 bridgehead atoms. The van der Waals surface area contributed by atoms with Gasteiger partial charge in [-0.3, -0.25) is 0 Å². The molecular formula is C7H15NOS. The highest BCUT2D eigenvalue weighted by atomic mass is 32.2. The van der Waals surface area contributed by atoms with Crippen LogP contribution in [0.4, 0.5) is 0 Å². The second-order valence-corrected chi connectivity index (χ2v) is 3.71. The van der Waals surface area contributed by atoms with E-state index in [4.69, 9.17) is 10.5 Å². The molecule has 2 unspecified atom stereocenters. The molecule has 0 spiro atoms. The molecule has 2 atom stereocenters. The van der Waals surface area contributed by atoms with Crippen LogP contribution in [0.15, 0.2) is 0 Å². The topological polar surface area (TPSA) is 35.2 Å². The molecule has 3 heteroatoms. The van der Waals surface area contributed by atoms with Crippen LogP contribution in [-0.2, 0) is 4.74 Å². The molecule has 0 amide bonds. The Labute approximate surface area is 66.5 Å². The number of hydrogen-bond acceptors (Lipinski definition) is 3. The van der Waals surface area contributed by atoms with Crippen molar-refractivity contribution in [3.8, 4) is 0 Å². The summed E-state index contributed by atoms with van der Waals surface area (Å²) in [4.78, 5) is 0. The molecule has 10 heavy (non-hydrogen) atoms. The van der Waals surface area contributed by atoms with Crippen LogP contribution >= 0.6 is 11.8 Å². The third-order valence-corrected chi connectivity index (χ3v) is 2.98. The molecule has 1 saturated heterocycles. The van der Waals surface area contributed by atoms with E-state index in [9.17, 15) is 0 Å². The molecule has 1 aliphatic rings. The lowest BCUT2D eigenvalue weighted by Gasteiger charge is -2.27. The van der Waals surface area contributed by atoms with E-state index < -0.39 is 0 Å². The first kappa shape index (κ1) is 8.37. The van der Waals surface area contributed by atoms with Gasteiger partial charge in [0.15, 0.2) is 0 Å². The minimum atomic E-state index is 0.263. The minimum Gasteiger partial charge on any atom is -0.366 e. The van der Waals surface area contributed by atoms with Crippen molar-refractivity contribution < 1.29 is 4.74 Å². The minimum absolute atomic E-state index is 0.263. The Bertz CT molecular complexity index is 97.6. The Hall–Kier alpha value is 0.270. The standard InChI is InChI=1S/C7H15NOS/c1-2-9-7-6(8)4-3-5-10-7/h6-7H,2-5,8H2,1H3. The van der Waals surface area contributed by atoms with Crippen LogP contribution in [0.5, 0.6) is 0 Å². The highest BCUT2D eigenvalue weighted by molar-refractivity contribution is 7.99. The summed E-state index contributed by atoms with van der Waals surface area (Å²) >= 11 is 1.85. The zero-order chi connectivity index (χ0) is 7.40. The zero-order valence-corrected chi connectivity index (χ0v) is 7.19. The molecular weight excluding hydrogens is 146 g/mol. The van der Waals surface area contributed by atoms with Crippen LogP contribution in [0.25, 0.3) is 0 Å². The number of rotatable bonds is 2. The summed E-state index contributed by atoms with van der Waals surface area (Å²) in [6, 6.07) is 0.263. The monoisotopic (exact) mass is 161 g/mol. The molecule has 0 radical (unpaired) electrons. The first-order chi connectivity index (χ1) is 4.84. The van der Waals surface area contributed by atoms with Crippen molar-refractivity contribution in [1.29, 1.82) is 0 Å². The number of thioether (sulfide) groups is 1. The second kappa shape index (κ2) is 4.21. The van der Waals surface area contributed by atoms with Gasteiger partial charge in [0, 0.05) is 12.6 Å². The van der Waals surface area contributed by atoms with E-state index in [0.29, 0.717) is 0 Å². The molecule has 0 aromatic rings. The van der Waals surface area contributed by atoms with E-state index in [-0.39, 0.29) is 11.5 Å². The molecule has 0 aromatic heterocycles. The number of nitrogens with two attached hydrogens (primary N) is 1. The van der Waals surface area contributed by atoms with Crippen molar-refractivity contribution in [3.05, 3.63) is 0 Å². The quantitative estimate of drug-likeness (QED) is 0.661. The van der Waals surface area contributed by atoms with Crippen LogP contribution in [-0.4, -0.2) is 23.8 Å². The third kappa shape index (κ3) is 2.15. The molecule has 2 N–H and O–H groups in total. The molecule has 60 valence electrons. The van der Waals surface area contributed by atoms with E-state index in [1.165, 1.54) is 12.2 Å². The molecule has 0 saturated carbocycles. The first-order valence-electron chi connectivity index (χ1n) is 3.83. The summed E-state index contributed by atoms with van der Waals surface area (Å²) in [5, 5.41) is 0. The third-order valence-electron chi connectivity index (χ3n) is 1.64. The van der Waals surface area contributed by atoms with Gasteiger partial charge in [0.1, 0.15) is 5.44 Å². The Kier molecular flexibility index (Phi) is 3.52. The lowest BCUT2D eigenvalue weighted by atomic mass is 10.2. The van der Waals surface area contributed by atoms with E-state index in [2.05, 4.69) is 0 Å². The van der Waals surface area contributed by atoms with Gasteiger partial charge in [0.05, 0.1) is 0 Å². The van der Waals surface area contributed by atoms with Gasteiger partial charge in [0.2, 0.25) is 0 Å². The Balaban J connectivity index is 2.25. The van der Waals surface area contributed by atoms with Crippen molar-refractivity contribution in [2.24, 2.45) is 5.73 Å². The highest BCUT2D eigenvalue weighted by Gasteiger charge is 2.21. The molecule has 0 aliphatic carbocycles. The van der Waals surface area contributed by atoms with Crippen LogP contribution < -0.4 is 5.73 Å². The molecule has 1 fully saturated rings. The van der Waals surface area contributed by atoms with Gasteiger partial charge in [-0.25, -0.2) is 0 Å². The maximum atomic E-state index is 5.82. The molecule has 1 heterocycles. The summed E-state index contributed by atoms with van der Waals surface area (Å²) in [7, 11) is 0. The van der Waals surface area contributed by atoms with Crippen molar-refractivity contribution >= 4 is 11.8 Å². The molecule has 0 aromatic carbocycles. The number of ether oxygens (including phenoxy) is 1. The molecule has 2 nitrogen and oxygen atoms in total. The van der Waals surface area contributed by atoms with Crippen molar-refractivity contribution in [2.45, 2.75) is 31.2 Å². The Morgan fingerprint density at radius 3 is 3.10 bits per heavy atom. The maximum Gasteiger partial charge on any atom is 0.118 e. The van der Waals surface area contributed by atoms with Crippen LogP contribution in [0.3, 0.4) is 0 Å². The SMILES string of the molecule is CCOC1SCCCC1N. The smallest absolute Gasteiger partial charge is 0.118 e. The fraction of sp³-hybridized carbons (Fsp3) is 1.00. The average molecular weight is 161 g/mol. The van der Waals surface area contributed by atoms with Gasteiger partial charge in [0.25, 0.3) is 0 Å². The zero-order valence-electron chi connectivity index (χ0n) is 6.38. The predicted molar refractivity (Wildman–Crippen MR) is 45.1 cm³/mol. The number of hydrogen-bond donors (Lipinski definition) is 1. The molecule has 1 rings (SSSR count). The first-order valence-corrected chi connectivity index (χ1v) is 4.88. The summed E-state index contributed by atoms with van der Waals surface area (Å²) in [6.07, 6.45) is 2.37. The van der Waals surface area contributed by atoms with E-state index >= 15 is 0 Å². The van der Waals surface area contributed by atoms with Crippen LogP contribution in [0.1, 0.15) is 19.8 Å². The van der Waals surface area contributed by atoms with Gasteiger partial charge in [-0.2, -0.15) is 0 Å². The normalized spacial score (nSPS) is 34.2. The summed E-state index contributed by atoms with van der Waals surface area (Å²) in [5.41, 5.74) is 6.08. The molecule has 1 aliphatic heterocycles. The van der Waals surface area contributed by atoms with E-state index in [1.54, 1.807) is 0 Å². The summed E-state index contributed by atoms with van der Waals surface area (Å²) in [5.74, 6) is 1.21. The second-order valence-electron chi connectivity index (χ2n) is 2.50. The predicted octanol–water partition coefficient (Wildman–Crippen LogP) is 1.20. The lowest BCUT2D eigenvalue weighted by Crippen LogP contribution is -2.37. The fourth-order valence-corrected chi connectivity index (χ4v) is 2.30. The highest BCUT2D eigenvalue weighted by Crippen LogP contribution is 2.24. The van der Waals surface area contributed by atoms with E-state index in [0.717, 1.165) is 13.0 Å². The van der Waals surface area contributed by atoms with Crippen molar-refractivity contribution in [1.82, 2.24) is 0 Å². The van der Waals surface area contributed by atoms with Gasteiger partial charge in [-0.15, -0.1) is 11.8 Å². The fourth-order valence-electron chi connectivity index (χ4n) is 1.11. The van der Waals surface area contributed by atoms with Crippen molar-refractivity contribution in [2.75, 3.05) is 12.4 Å². The average Bonchev–Trinajstić information content (AvgIpc) is 1.94. The van der Waals surface area contributed by atoms with Crippen molar-refractivity contribution in [3.63, 3.8) is 0 Å².